The Morgan fingerprint density at radius 2 is 2.09 bits per heavy atom. The van der Waals surface area contributed by atoms with Crippen LogP contribution in [0.1, 0.15) is 24.4 Å². The molecular formula is C16H20FN3O2. The Kier molecular flexibility index (Phi) is 5.97. The van der Waals surface area contributed by atoms with Crippen molar-refractivity contribution in [3.05, 3.63) is 59.8 Å². The second-order valence-corrected chi connectivity index (χ2v) is 4.69. The van der Waals surface area contributed by atoms with Gasteiger partial charge >= 0.3 is 0 Å². The minimum atomic E-state index is -0.950. The van der Waals surface area contributed by atoms with E-state index in [0.29, 0.717) is 19.0 Å². The van der Waals surface area contributed by atoms with Crippen molar-refractivity contribution < 1.29 is 13.9 Å². The van der Waals surface area contributed by atoms with Crippen LogP contribution < -0.4 is 10.6 Å². The Morgan fingerprint density at radius 3 is 2.77 bits per heavy atom. The minimum absolute atomic E-state index is 0.158. The normalized spacial score (nSPS) is 13.0. The van der Waals surface area contributed by atoms with Crippen LogP contribution in [0.2, 0.25) is 0 Å². The number of aliphatic imine (C=N–C) groups is 1. The highest BCUT2D eigenvalue weighted by molar-refractivity contribution is 5.79. The fourth-order valence-electron chi connectivity index (χ4n) is 1.95. The van der Waals surface area contributed by atoms with Gasteiger partial charge in [-0.15, -0.1) is 0 Å². The molecular weight excluding hydrogens is 285 g/mol. The number of nitrogens with zero attached hydrogens (tertiary/aromatic N) is 1. The maximum atomic E-state index is 13.6. The van der Waals surface area contributed by atoms with Crippen molar-refractivity contribution in [2.75, 3.05) is 13.1 Å². The molecule has 0 fully saturated rings. The number of guanidine groups is 1. The standard InChI is InChI=1S/C16H20FN3O2/c1-2-18-16(19-10-12-6-5-9-22-12)20-11-15(21)13-7-3-4-8-14(13)17/h3-9,15,21H,2,10-11H2,1H3,(H2,18,19,20). The molecule has 0 aliphatic carbocycles. The first-order chi connectivity index (χ1) is 10.7. The molecule has 1 heterocycles. The summed E-state index contributed by atoms with van der Waals surface area (Å²) in [6.07, 6.45) is 0.640. The second-order valence-electron chi connectivity index (χ2n) is 4.69. The highest BCUT2D eigenvalue weighted by Crippen LogP contribution is 2.15. The van der Waals surface area contributed by atoms with E-state index < -0.39 is 11.9 Å². The molecule has 1 aromatic heterocycles. The maximum absolute atomic E-state index is 13.6. The summed E-state index contributed by atoms with van der Waals surface area (Å²) >= 11 is 0. The van der Waals surface area contributed by atoms with Crippen LogP contribution in [0.15, 0.2) is 52.1 Å². The van der Waals surface area contributed by atoms with Crippen molar-refractivity contribution in [3.63, 3.8) is 0 Å². The molecule has 118 valence electrons. The fraction of sp³-hybridized carbons (Fsp3) is 0.312. The SMILES string of the molecule is CCNC(=NCc1ccco1)NCC(O)c1ccccc1F. The van der Waals surface area contributed by atoms with Crippen molar-refractivity contribution in [2.45, 2.75) is 19.6 Å². The lowest BCUT2D eigenvalue weighted by Gasteiger charge is -2.15. The van der Waals surface area contributed by atoms with Crippen molar-refractivity contribution in [1.82, 2.24) is 10.6 Å². The zero-order valence-corrected chi connectivity index (χ0v) is 12.4. The first-order valence-electron chi connectivity index (χ1n) is 7.17. The molecule has 1 aromatic carbocycles. The lowest BCUT2D eigenvalue weighted by Crippen LogP contribution is -2.39. The highest BCUT2D eigenvalue weighted by atomic mass is 19.1. The molecule has 0 aliphatic rings. The second kappa shape index (κ2) is 8.19. The number of aliphatic hydroxyl groups is 1. The highest BCUT2D eigenvalue weighted by Gasteiger charge is 2.12. The molecule has 6 heteroatoms. The van der Waals surface area contributed by atoms with E-state index in [2.05, 4.69) is 15.6 Å². The molecule has 2 rings (SSSR count). The molecule has 0 bridgehead atoms. The van der Waals surface area contributed by atoms with E-state index in [4.69, 9.17) is 4.42 Å². The summed E-state index contributed by atoms with van der Waals surface area (Å²) in [6, 6.07) is 9.81. The molecule has 3 N–H and O–H groups in total. The molecule has 0 radical (unpaired) electrons. The summed E-state index contributed by atoms with van der Waals surface area (Å²) in [6.45, 7) is 3.17. The number of furan rings is 1. The first-order valence-corrected chi connectivity index (χ1v) is 7.17. The van der Waals surface area contributed by atoms with E-state index in [0.717, 1.165) is 5.76 Å². The number of halogens is 1. The van der Waals surface area contributed by atoms with E-state index in [1.54, 1.807) is 30.5 Å². The Labute approximate surface area is 128 Å². The molecule has 0 saturated carbocycles. The summed E-state index contributed by atoms with van der Waals surface area (Å²) in [4.78, 5) is 4.34. The van der Waals surface area contributed by atoms with Gasteiger partial charge in [0.25, 0.3) is 0 Å². The zero-order valence-electron chi connectivity index (χ0n) is 12.4. The molecule has 0 amide bonds. The lowest BCUT2D eigenvalue weighted by molar-refractivity contribution is 0.176. The number of rotatable bonds is 6. The van der Waals surface area contributed by atoms with Crippen LogP contribution >= 0.6 is 0 Å². The van der Waals surface area contributed by atoms with Gasteiger partial charge < -0.3 is 20.2 Å². The summed E-state index contributed by atoms with van der Waals surface area (Å²) < 4.78 is 18.8. The van der Waals surface area contributed by atoms with Gasteiger partial charge in [-0.25, -0.2) is 9.38 Å². The van der Waals surface area contributed by atoms with Gasteiger partial charge in [-0.1, -0.05) is 18.2 Å². The maximum Gasteiger partial charge on any atom is 0.191 e. The average Bonchev–Trinajstić information content (AvgIpc) is 3.03. The molecule has 2 aromatic rings. The van der Waals surface area contributed by atoms with Crippen molar-refractivity contribution in [3.8, 4) is 0 Å². The van der Waals surface area contributed by atoms with Crippen LogP contribution in [0, 0.1) is 5.82 Å². The molecule has 0 spiro atoms. The predicted octanol–water partition coefficient (Wildman–Crippen LogP) is 2.21. The van der Waals surface area contributed by atoms with Gasteiger partial charge in [-0.05, 0) is 25.1 Å². The van der Waals surface area contributed by atoms with Crippen molar-refractivity contribution in [1.29, 1.82) is 0 Å². The predicted molar refractivity (Wildman–Crippen MR) is 82.9 cm³/mol. The van der Waals surface area contributed by atoms with Crippen LogP contribution in [-0.2, 0) is 6.54 Å². The van der Waals surface area contributed by atoms with E-state index in [-0.39, 0.29) is 12.1 Å². The zero-order chi connectivity index (χ0) is 15.8. The van der Waals surface area contributed by atoms with Gasteiger partial charge in [0.05, 0.1) is 12.4 Å². The number of hydrogen-bond donors (Lipinski definition) is 3. The van der Waals surface area contributed by atoms with Gasteiger partial charge in [0.1, 0.15) is 18.1 Å². The van der Waals surface area contributed by atoms with Crippen LogP contribution in [0.4, 0.5) is 4.39 Å². The van der Waals surface area contributed by atoms with E-state index in [1.165, 1.54) is 6.07 Å². The Bertz CT molecular complexity index is 599. The van der Waals surface area contributed by atoms with Crippen LogP contribution in [0.25, 0.3) is 0 Å². The third kappa shape index (κ3) is 4.60. The smallest absolute Gasteiger partial charge is 0.191 e. The third-order valence-corrected chi connectivity index (χ3v) is 3.04. The number of hydrogen-bond acceptors (Lipinski definition) is 3. The van der Waals surface area contributed by atoms with Gasteiger partial charge in [0.2, 0.25) is 0 Å². The Morgan fingerprint density at radius 1 is 1.27 bits per heavy atom. The van der Waals surface area contributed by atoms with Gasteiger partial charge in [-0.2, -0.15) is 0 Å². The van der Waals surface area contributed by atoms with Crippen molar-refractivity contribution >= 4 is 5.96 Å². The van der Waals surface area contributed by atoms with Crippen LogP contribution in [0.3, 0.4) is 0 Å². The molecule has 22 heavy (non-hydrogen) atoms. The van der Waals surface area contributed by atoms with Gasteiger partial charge in [0, 0.05) is 18.7 Å². The minimum Gasteiger partial charge on any atom is -0.467 e. The summed E-state index contributed by atoms with van der Waals surface area (Å²) in [7, 11) is 0. The molecule has 0 aliphatic heterocycles. The largest absolute Gasteiger partial charge is 0.467 e. The number of aliphatic hydroxyl groups excluding tert-OH is 1. The van der Waals surface area contributed by atoms with Gasteiger partial charge in [0.15, 0.2) is 5.96 Å². The molecule has 5 nitrogen and oxygen atoms in total. The fourth-order valence-corrected chi connectivity index (χ4v) is 1.95. The van der Waals surface area contributed by atoms with E-state index >= 15 is 0 Å². The Balaban J connectivity index is 1.93. The van der Waals surface area contributed by atoms with Crippen LogP contribution in [-0.4, -0.2) is 24.2 Å². The average molecular weight is 305 g/mol. The van der Waals surface area contributed by atoms with E-state index in [9.17, 15) is 9.50 Å². The lowest BCUT2D eigenvalue weighted by atomic mass is 10.1. The molecule has 0 saturated heterocycles. The monoisotopic (exact) mass is 305 g/mol. The third-order valence-electron chi connectivity index (χ3n) is 3.04. The van der Waals surface area contributed by atoms with Gasteiger partial charge in [-0.3, -0.25) is 0 Å². The molecule has 1 unspecified atom stereocenters. The topological polar surface area (TPSA) is 69.8 Å². The van der Waals surface area contributed by atoms with E-state index in [1.807, 2.05) is 13.0 Å². The summed E-state index contributed by atoms with van der Waals surface area (Å²) in [5.74, 6) is 0.857. The summed E-state index contributed by atoms with van der Waals surface area (Å²) in [5, 5.41) is 16.1. The van der Waals surface area contributed by atoms with Crippen molar-refractivity contribution in [2.24, 2.45) is 4.99 Å². The number of nitrogens with one attached hydrogen (secondary N) is 2. The first kappa shape index (κ1) is 16.0. The quantitative estimate of drug-likeness (QED) is 0.565. The summed E-state index contributed by atoms with van der Waals surface area (Å²) in [5.41, 5.74) is 0.261. The Hall–Kier alpha value is -2.34. The van der Waals surface area contributed by atoms with Crippen LogP contribution in [0.5, 0.6) is 0 Å². The number of benzene rings is 1. The molecule has 1 atom stereocenters.